The molecule has 0 amide bonds. The van der Waals surface area contributed by atoms with Crippen LogP contribution in [0.3, 0.4) is 0 Å². The van der Waals surface area contributed by atoms with E-state index in [0.29, 0.717) is 11.8 Å². The lowest BCUT2D eigenvalue weighted by molar-refractivity contribution is 0.242. The van der Waals surface area contributed by atoms with E-state index in [1.807, 2.05) is 0 Å². The van der Waals surface area contributed by atoms with E-state index in [4.69, 9.17) is 0 Å². The van der Waals surface area contributed by atoms with Gasteiger partial charge >= 0.3 is 5.69 Å². The van der Waals surface area contributed by atoms with Gasteiger partial charge in [-0.15, -0.1) is 0 Å². The molecule has 0 bridgehead atoms. The molecule has 5 heteroatoms. The molecule has 2 heterocycles. The maximum absolute atomic E-state index is 11.2. The van der Waals surface area contributed by atoms with Crippen LogP contribution in [-0.4, -0.2) is 27.9 Å². The molecular formula is C9H16N4O. The van der Waals surface area contributed by atoms with Gasteiger partial charge in [-0.2, -0.15) is 5.10 Å². The summed E-state index contributed by atoms with van der Waals surface area (Å²) in [5.74, 6) is 1.22. The number of nitrogens with zero attached hydrogens (tertiary/aromatic N) is 2. The van der Waals surface area contributed by atoms with Crippen LogP contribution >= 0.6 is 0 Å². The van der Waals surface area contributed by atoms with Gasteiger partial charge in [-0.1, -0.05) is 6.92 Å². The molecule has 14 heavy (non-hydrogen) atoms. The molecule has 0 radical (unpaired) electrons. The second-order valence-corrected chi connectivity index (χ2v) is 4.04. The fourth-order valence-corrected chi connectivity index (χ4v) is 1.99. The van der Waals surface area contributed by atoms with Crippen LogP contribution in [0.15, 0.2) is 11.1 Å². The second-order valence-electron chi connectivity index (χ2n) is 4.04. The van der Waals surface area contributed by atoms with E-state index < -0.39 is 0 Å². The topological polar surface area (TPSA) is 62.7 Å². The number of hydrogen-bond donors (Lipinski definition) is 2. The average Bonchev–Trinajstić information content (AvgIpc) is 2.56. The molecule has 1 aliphatic rings. The summed E-state index contributed by atoms with van der Waals surface area (Å²) in [6.45, 7) is 5.12. The van der Waals surface area contributed by atoms with Gasteiger partial charge in [0.1, 0.15) is 6.33 Å². The van der Waals surface area contributed by atoms with Crippen molar-refractivity contribution in [2.45, 2.75) is 19.9 Å². The third-order valence-electron chi connectivity index (χ3n) is 3.01. The van der Waals surface area contributed by atoms with Gasteiger partial charge in [-0.05, 0) is 31.3 Å². The Kier molecular flexibility index (Phi) is 2.67. The van der Waals surface area contributed by atoms with Gasteiger partial charge in [0.15, 0.2) is 0 Å². The van der Waals surface area contributed by atoms with Gasteiger partial charge in [-0.3, -0.25) is 4.57 Å². The molecule has 2 rings (SSSR count). The molecule has 1 aromatic heterocycles. The summed E-state index contributed by atoms with van der Waals surface area (Å²) < 4.78 is 1.66. The van der Waals surface area contributed by atoms with E-state index in [1.54, 1.807) is 10.9 Å². The Morgan fingerprint density at radius 3 is 3.21 bits per heavy atom. The fraction of sp³-hybridized carbons (Fsp3) is 0.778. The van der Waals surface area contributed by atoms with Crippen molar-refractivity contribution in [3.05, 3.63) is 16.8 Å². The smallest absolute Gasteiger partial charge is 0.316 e. The molecule has 78 valence electrons. The van der Waals surface area contributed by atoms with Crippen LogP contribution < -0.4 is 11.0 Å². The van der Waals surface area contributed by atoms with Crippen molar-refractivity contribution in [2.24, 2.45) is 11.8 Å². The van der Waals surface area contributed by atoms with E-state index >= 15 is 0 Å². The lowest BCUT2D eigenvalue weighted by Crippen LogP contribution is -2.38. The summed E-state index contributed by atoms with van der Waals surface area (Å²) in [6.07, 6.45) is 2.72. The van der Waals surface area contributed by atoms with Gasteiger partial charge in [0, 0.05) is 6.54 Å². The Morgan fingerprint density at radius 2 is 2.57 bits per heavy atom. The minimum Gasteiger partial charge on any atom is -0.316 e. The first kappa shape index (κ1) is 9.45. The Labute approximate surface area is 82.5 Å². The van der Waals surface area contributed by atoms with E-state index in [-0.39, 0.29) is 5.69 Å². The first-order valence-electron chi connectivity index (χ1n) is 5.08. The van der Waals surface area contributed by atoms with Crippen molar-refractivity contribution in [2.75, 3.05) is 13.1 Å². The minimum absolute atomic E-state index is 0.101. The quantitative estimate of drug-likeness (QED) is 0.689. The molecule has 1 aliphatic heterocycles. The van der Waals surface area contributed by atoms with Crippen LogP contribution in [-0.2, 0) is 6.54 Å². The van der Waals surface area contributed by atoms with Crippen LogP contribution in [0.25, 0.3) is 0 Å². The van der Waals surface area contributed by atoms with E-state index in [2.05, 4.69) is 22.4 Å². The van der Waals surface area contributed by atoms with Gasteiger partial charge in [0.05, 0.1) is 0 Å². The highest BCUT2D eigenvalue weighted by molar-refractivity contribution is 4.77. The Bertz CT molecular complexity index is 343. The number of H-pyrrole nitrogens is 1. The Hall–Kier alpha value is -1.10. The predicted octanol–water partition coefficient (Wildman–Crippen LogP) is -0.183. The number of piperidine rings is 1. The summed E-state index contributed by atoms with van der Waals surface area (Å²) >= 11 is 0. The van der Waals surface area contributed by atoms with Crippen molar-refractivity contribution < 1.29 is 0 Å². The SMILES string of the molecule is CC1CNCCC1Cn1cn[nH]c1=O. The standard InChI is InChI=1S/C9H16N4O/c1-7-4-10-3-2-8(7)5-13-6-11-12-9(13)14/h6-8,10H,2-5H2,1H3,(H,12,14). The monoisotopic (exact) mass is 196 g/mol. The molecule has 1 aromatic rings. The molecular weight excluding hydrogens is 180 g/mol. The normalized spacial score (nSPS) is 27.8. The highest BCUT2D eigenvalue weighted by Crippen LogP contribution is 2.19. The maximum Gasteiger partial charge on any atom is 0.343 e. The van der Waals surface area contributed by atoms with Crippen LogP contribution in [0, 0.1) is 11.8 Å². The number of rotatable bonds is 2. The summed E-state index contributed by atoms with van der Waals surface area (Å²) in [4.78, 5) is 11.2. The molecule has 0 aromatic carbocycles. The van der Waals surface area contributed by atoms with E-state index in [0.717, 1.165) is 26.1 Å². The summed E-state index contributed by atoms with van der Waals surface area (Å²) in [7, 11) is 0. The predicted molar refractivity (Wildman–Crippen MR) is 53.0 cm³/mol. The molecule has 1 saturated heterocycles. The molecule has 0 saturated carbocycles. The second kappa shape index (κ2) is 3.96. The minimum atomic E-state index is -0.101. The first-order valence-corrected chi connectivity index (χ1v) is 5.08. The number of nitrogens with one attached hydrogen (secondary N) is 2. The lowest BCUT2D eigenvalue weighted by atomic mass is 9.88. The van der Waals surface area contributed by atoms with Gasteiger partial charge in [0.2, 0.25) is 0 Å². The van der Waals surface area contributed by atoms with Crippen LogP contribution in [0.1, 0.15) is 13.3 Å². The van der Waals surface area contributed by atoms with Crippen LogP contribution in [0.2, 0.25) is 0 Å². The zero-order valence-corrected chi connectivity index (χ0v) is 8.36. The molecule has 0 aliphatic carbocycles. The molecule has 5 nitrogen and oxygen atoms in total. The lowest BCUT2D eigenvalue weighted by Gasteiger charge is -2.29. The number of aromatic nitrogens is 3. The molecule has 0 spiro atoms. The zero-order valence-electron chi connectivity index (χ0n) is 8.36. The van der Waals surface area contributed by atoms with Crippen molar-refractivity contribution in [1.82, 2.24) is 20.1 Å². The Morgan fingerprint density at radius 1 is 1.71 bits per heavy atom. The molecule has 2 unspecified atom stereocenters. The summed E-state index contributed by atoms with van der Waals surface area (Å²) in [6, 6.07) is 0. The molecule has 2 N–H and O–H groups in total. The number of hydrogen-bond acceptors (Lipinski definition) is 3. The average molecular weight is 196 g/mol. The van der Waals surface area contributed by atoms with Crippen LogP contribution in [0.4, 0.5) is 0 Å². The fourth-order valence-electron chi connectivity index (χ4n) is 1.99. The van der Waals surface area contributed by atoms with Gasteiger partial charge in [0.25, 0.3) is 0 Å². The first-order chi connectivity index (χ1) is 6.77. The highest BCUT2D eigenvalue weighted by atomic mass is 16.1. The maximum atomic E-state index is 11.2. The summed E-state index contributed by atoms with van der Waals surface area (Å²) in [5.41, 5.74) is -0.101. The van der Waals surface area contributed by atoms with E-state index in [1.165, 1.54) is 0 Å². The van der Waals surface area contributed by atoms with Crippen molar-refractivity contribution in [1.29, 1.82) is 0 Å². The van der Waals surface area contributed by atoms with Crippen molar-refractivity contribution >= 4 is 0 Å². The van der Waals surface area contributed by atoms with E-state index in [9.17, 15) is 4.79 Å². The van der Waals surface area contributed by atoms with Crippen molar-refractivity contribution in [3.63, 3.8) is 0 Å². The zero-order chi connectivity index (χ0) is 9.97. The largest absolute Gasteiger partial charge is 0.343 e. The Balaban J connectivity index is 2.03. The van der Waals surface area contributed by atoms with Gasteiger partial charge < -0.3 is 5.32 Å². The third-order valence-corrected chi connectivity index (χ3v) is 3.01. The molecule has 2 atom stereocenters. The number of aromatic amines is 1. The highest BCUT2D eigenvalue weighted by Gasteiger charge is 2.21. The summed E-state index contributed by atoms with van der Waals surface area (Å²) in [5, 5.41) is 9.48. The van der Waals surface area contributed by atoms with Gasteiger partial charge in [-0.25, -0.2) is 9.89 Å². The molecule has 1 fully saturated rings. The van der Waals surface area contributed by atoms with Crippen LogP contribution in [0.5, 0.6) is 0 Å². The van der Waals surface area contributed by atoms with Crippen molar-refractivity contribution in [3.8, 4) is 0 Å². The third kappa shape index (κ3) is 1.87.